The molecule has 0 unspecified atom stereocenters. The van der Waals surface area contributed by atoms with E-state index in [1.54, 1.807) is 11.3 Å². The van der Waals surface area contributed by atoms with Crippen molar-refractivity contribution in [2.45, 2.75) is 25.4 Å². The Bertz CT molecular complexity index is 510. The molecule has 3 rings (SSSR count). The van der Waals surface area contributed by atoms with Crippen molar-refractivity contribution in [3.8, 4) is 11.4 Å². The number of piperidine rings is 1. The molecule has 0 aromatic carbocycles. The quantitative estimate of drug-likeness (QED) is 0.939. The van der Waals surface area contributed by atoms with Crippen LogP contribution in [0.1, 0.15) is 18.7 Å². The Hall–Kier alpha value is -0.950. The molecular weight excluding hydrogens is 296 g/mol. The lowest BCUT2D eigenvalue weighted by molar-refractivity contribution is 0.171. The SMILES string of the molecule is CN(Cc1nc(-c2ccsc2)no1)C1CCNCC1.Cl. The highest BCUT2D eigenvalue weighted by Crippen LogP contribution is 2.19. The molecule has 3 heterocycles. The molecule has 20 heavy (non-hydrogen) atoms. The van der Waals surface area contributed by atoms with E-state index >= 15 is 0 Å². The first-order valence-corrected chi connectivity index (χ1v) is 7.53. The minimum Gasteiger partial charge on any atom is -0.338 e. The maximum Gasteiger partial charge on any atom is 0.241 e. The number of nitrogens with zero attached hydrogens (tertiary/aromatic N) is 3. The zero-order valence-electron chi connectivity index (χ0n) is 11.4. The molecule has 0 atom stereocenters. The molecule has 1 aliphatic heterocycles. The number of thiophene rings is 1. The maximum atomic E-state index is 5.34. The molecule has 0 bridgehead atoms. The number of rotatable bonds is 4. The Morgan fingerprint density at radius 1 is 1.45 bits per heavy atom. The van der Waals surface area contributed by atoms with E-state index in [1.165, 1.54) is 12.8 Å². The topological polar surface area (TPSA) is 54.2 Å². The number of hydrogen-bond acceptors (Lipinski definition) is 6. The van der Waals surface area contributed by atoms with Gasteiger partial charge in [0, 0.05) is 17.0 Å². The highest BCUT2D eigenvalue weighted by atomic mass is 35.5. The minimum absolute atomic E-state index is 0. The molecule has 1 N–H and O–H groups in total. The highest BCUT2D eigenvalue weighted by molar-refractivity contribution is 7.08. The summed E-state index contributed by atoms with van der Waals surface area (Å²) in [5.74, 6) is 1.39. The maximum absolute atomic E-state index is 5.34. The largest absolute Gasteiger partial charge is 0.338 e. The van der Waals surface area contributed by atoms with Crippen LogP contribution in [0.2, 0.25) is 0 Å². The van der Waals surface area contributed by atoms with Crippen LogP contribution in [0.25, 0.3) is 11.4 Å². The smallest absolute Gasteiger partial charge is 0.241 e. The van der Waals surface area contributed by atoms with Gasteiger partial charge in [0.05, 0.1) is 6.54 Å². The van der Waals surface area contributed by atoms with E-state index in [0.29, 0.717) is 17.8 Å². The van der Waals surface area contributed by atoms with Gasteiger partial charge in [0.25, 0.3) is 0 Å². The molecule has 110 valence electrons. The van der Waals surface area contributed by atoms with Gasteiger partial charge in [0.15, 0.2) is 0 Å². The standard InChI is InChI=1S/C13H18N4OS.ClH/c1-17(11-2-5-14-6-3-11)8-12-15-13(16-18-12)10-4-7-19-9-10;/h4,7,9,11,14H,2-3,5-6,8H2,1H3;1H. The van der Waals surface area contributed by atoms with Crippen LogP contribution in [0.5, 0.6) is 0 Å². The predicted molar refractivity (Wildman–Crippen MR) is 82.2 cm³/mol. The lowest BCUT2D eigenvalue weighted by Crippen LogP contribution is -2.40. The van der Waals surface area contributed by atoms with Gasteiger partial charge in [-0.2, -0.15) is 16.3 Å². The van der Waals surface area contributed by atoms with E-state index in [1.807, 2.05) is 16.8 Å². The highest BCUT2D eigenvalue weighted by Gasteiger charge is 2.20. The van der Waals surface area contributed by atoms with E-state index in [-0.39, 0.29) is 12.4 Å². The van der Waals surface area contributed by atoms with Crippen LogP contribution < -0.4 is 5.32 Å². The molecule has 5 nitrogen and oxygen atoms in total. The van der Waals surface area contributed by atoms with Crippen molar-refractivity contribution in [1.29, 1.82) is 0 Å². The summed E-state index contributed by atoms with van der Waals surface area (Å²) in [5, 5.41) is 11.5. The van der Waals surface area contributed by atoms with Gasteiger partial charge in [-0.25, -0.2) is 0 Å². The zero-order valence-corrected chi connectivity index (χ0v) is 13.0. The molecule has 7 heteroatoms. The summed E-state index contributed by atoms with van der Waals surface area (Å²) in [6.07, 6.45) is 2.37. The van der Waals surface area contributed by atoms with Gasteiger partial charge in [0.1, 0.15) is 0 Å². The Morgan fingerprint density at radius 2 is 2.25 bits per heavy atom. The lowest BCUT2D eigenvalue weighted by Gasteiger charge is -2.30. The summed E-state index contributed by atoms with van der Waals surface area (Å²) in [4.78, 5) is 6.77. The van der Waals surface area contributed by atoms with Crippen molar-refractivity contribution in [1.82, 2.24) is 20.4 Å². The van der Waals surface area contributed by atoms with Gasteiger partial charge in [-0.05, 0) is 44.4 Å². The Balaban J connectivity index is 0.00000147. The van der Waals surface area contributed by atoms with E-state index in [0.717, 1.165) is 25.2 Å². The molecule has 2 aromatic heterocycles. The van der Waals surface area contributed by atoms with Crippen LogP contribution >= 0.6 is 23.7 Å². The second-order valence-electron chi connectivity index (χ2n) is 4.92. The van der Waals surface area contributed by atoms with E-state index in [2.05, 4.69) is 27.4 Å². The van der Waals surface area contributed by atoms with Crippen LogP contribution in [0.4, 0.5) is 0 Å². The molecule has 0 radical (unpaired) electrons. The average Bonchev–Trinajstić information content (AvgIpc) is 3.10. The molecule has 1 fully saturated rings. The summed E-state index contributed by atoms with van der Waals surface area (Å²) >= 11 is 1.64. The minimum atomic E-state index is 0. The molecule has 0 saturated carbocycles. The van der Waals surface area contributed by atoms with Gasteiger partial charge in [0.2, 0.25) is 11.7 Å². The van der Waals surface area contributed by atoms with Gasteiger partial charge in [-0.3, -0.25) is 4.90 Å². The second-order valence-corrected chi connectivity index (χ2v) is 5.70. The van der Waals surface area contributed by atoms with Crippen LogP contribution in [0.15, 0.2) is 21.3 Å². The summed E-state index contributed by atoms with van der Waals surface area (Å²) in [6.45, 7) is 2.92. The monoisotopic (exact) mass is 314 g/mol. The van der Waals surface area contributed by atoms with Crippen LogP contribution in [0.3, 0.4) is 0 Å². The Kier molecular flexibility index (Phi) is 5.54. The molecule has 0 spiro atoms. The fraction of sp³-hybridized carbons (Fsp3) is 0.538. The third-order valence-corrected chi connectivity index (χ3v) is 4.25. The van der Waals surface area contributed by atoms with E-state index < -0.39 is 0 Å². The first-order valence-electron chi connectivity index (χ1n) is 6.59. The fourth-order valence-electron chi connectivity index (χ4n) is 2.42. The van der Waals surface area contributed by atoms with Crippen LogP contribution in [-0.4, -0.2) is 41.2 Å². The molecule has 1 aliphatic rings. The predicted octanol–water partition coefficient (Wildman–Crippen LogP) is 2.40. The Labute approximate surface area is 128 Å². The number of nitrogens with one attached hydrogen (secondary N) is 1. The van der Waals surface area contributed by atoms with Crippen molar-refractivity contribution in [3.63, 3.8) is 0 Å². The van der Waals surface area contributed by atoms with Crippen LogP contribution in [0, 0.1) is 0 Å². The summed E-state index contributed by atoms with van der Waals surface area (Å²) in [6, 6.07) is 2.62. The number of aromatic nitrogens is 2. The first kappa shape index (κ1) is 15.4. The summed E-state index contributed by atoms with van der Waals surface area (Å²) in [5.41, 5.74) is 1.03. The average molecular weight is 315 g/mol. The van der Waals surface area contributed by atoms with Gasteiger partial charge < -0.3 is 9.84 Å². The number of hydrogen-bond donors (Lipinski definition) is 1. The van der Waals surface area contributed by atoms with Crippen molar-refractivity contribution >= 4 is 23.7 Å². The summed E-state index contributed by atoms with van der Waals surface area (Å²) < 4.78 is 5.34. The third kappa shape index (κ3) is 3.58. The fourth-order valence-corrected chi connectivity index (χ4v) is 3.05. The van der Waals surface area contributed by atoms with E-state index in [4.69, 9.17) is 4.52 Å². The van der Waals surface area contributed by atoms with Crippen LogP contribution in [-0.2, 0) is 6.54 Å². The van der Waals surface area contributed by atoms with Crippen molar-refractivity contribution in [2.24, 2.45) is 0 Å². The van der Waals surface area contributed by atoms with Crippen molar-refractivity contribution in [2.75, 3.05) is 20.1 Å². The van der Waals surface area contributed by atoms with Gasteiger partial charge >= 0.3 is 0 Å². The van der Waals surface area contributed by atoms with E-state index in [9.17, 15) is 0 Å². The Morgan fingerprint density at radius 3 is 2.95 bits per heavy atom. The second kappa shape index (κ2) is 7.17. The first-order chi connectivity index (χ1) is 9.33. The summed E-state index contributed by atoms with van der Waals surface area (Å²) in [7, 11) is 2.13. The van der Waals surface area contributed by atoms with Crippen molar-refractivity contribution < 1.29 is 4.52 Å². The molecule has 2 aromatic rings. The molecule has 0 amide bonds. The molecule has 0 aliphatic carbocycles. The van der Waals surface area contributed by atoms with Gasteiger partial charge in [-0.1, -0.05) is 5.16 Å². The molecule has 1 saturated heterocycles. The van der Waals surface area contributed by atoms with Crippen molar-refractivity contribution in [3.05, 3.63) is 22.7 Å². The lowest BCUT2D eigenvalue weighted by atomic mass is 10.1. The molecular formula is C13H19ClN4OS. The number of halogens is 1. The van der Waals surface area contributed by atoms with Gasteiger partial charge in [-0.15, -0.1) is 12.4 Å². The zero-order chi connectivity index (χ0) is 13.1. The third-order valence-electron chi connectivity index (χ3n) is 3.56. The normalized spacial score (nSPS) is 16.3.